The van der Waals surface area contributed by atoms with E-state index in [0.29, 0.717) is 12.3 Å². The van der Waals surface area contributed by atoms with Gasteiger partial charge in [-0.1, -0.05) is 18.2 Å². The molecule has 98 valence electrons. The van der Waals surface area contributed by atoms with Crippen molar-refractivity contribution in [2.24, 2.45) is 5.73 Å². The van der Waals surface area contributed by atoms with Gasteiger partial charge < -0.3 is 15.4 Å². The molecule has 0 spiro atoms. The van der Waals surface area contributed by atoms with Gasteiger partial charge in [-0.2, -0.15) is 0 Å². The van der Waals surface area contributed by atoms with E-state index in [1.165, 1.54) is 0 Å². The molecule has 2 N–H and O–H groups in total. The number of rotatable bonds is 2. The minimum atomic E-state index is -0.288. The number of likely N-dealkylation sites (tertiary alicyclic amines) is 1. The smallest absolute Gasteiger partial charge is 0.410 e. The van der Waals surface area contributed by atoms with Crippen LogP contribution in [-0.2, 0) is 0 Å². The summed E-state index contributed by atoms with van der Waals surface area (Å²) in [4.78, 5) is 14.0. The second kappa shape index (κ2) is 5.87. The van der Waals surface area contributed by atoms with Crippen LogP contribution in [0.4, 0.5) is 4.79 Å². The van der Waals surface area contributed by atoms with Gasteiger partial charge in [0.15, 0.2) is 0 Å². The third kappa shape index (κ3) is 2.82. The highest BCUT2D eigenvalue weighted by molar-refractivity contribution is 5.71. The first-order valence-electron chi connectivity index (χ1n) is 6.47. The fourth-order valence-corrected chi connectivity index (χ4v) is 2.49. The van der Waals surface area contributed by atoms with Gasteiger partial charge in [0, 0.05) is 18.6 Å². The Labute approximate surface area is 108 Å². The van der Waals surface area contributed by atoms with Crippen LogP contribution in [0.1, 0.15) is 26.2 Å². The van der Waals surface area contributed by atoms with E-state index in [4.69, 9.17) is 10.5 Å². The molecule has 1 aromatic carbocycles. The zero-order valence-corrected chi connectivity index (χ0v) is 10.7. The van der Waals surface area contributed by atoms with E-state index in [-0.39, 0.29) is 18.2 Å². The maximum atomic E-state index is 12.2. The van der Waals surface area contributed by atoms with E-state index in [1.54, 1.807) is 17.0 Å². The first-order valence-corrected chi connectivity index (χ1v) is 6.47. The zero-order valence-electron chi connectivity index (χ0n) is 10.7. The van der Waals surface area contributed by atoms with Crippen molar-refractivity contribution in [1.82, 2.24) is 4.90 Å². The van der Waals surface area contributed by atoms with Crippen molar-refractivity contribution in [1.29, 1.82) is 0 Å². The van der Waals surface area contributed by atoms with Crippen LogP contribution in [0.5, 0.6) is 5.75 Å². The lowest BCUT2D eigenvalue weighted by Gasteiger charge is -2.39. The average Bonchev–Trinajstić information content (AvgIpc) is 2.39. The molecule has 1 heterocycles. The summed E-state index contributed by atoms with van der Waals surface area (Å²) in [6, 6.07) is 9.46. The molecule has 4 nitrogen and oxygen atoms in total. The number of ether oxygens (including phenoxy) is 1. The summed E-state index contributed by atoms with van der Waals surface area (Å²) in [6.45, 7) is 2.54. The number of amides is 1. The Kier molecular flexibility index (Phi) is 4.20. The highest BCUT2D eigenvalue weighted by Gasteiger charge is 2.32. The number of piperidine rings is 1. The molecule has 0 radical (unpaired) electrons. The third-order valence-corrected chi connectivity index (χ3v) is 3.46. The van der Waals surface area contributed by atoms with Crippen molar-refractivity contribution < 1.29 is 9.53 Å². The first kappa shape index (κ1) is 12.9. The number of nitrogens with two attached hydrogens (primary N) is 1. The topological polar surface area (TPSA) is 55.6 Å². The molecule has 0 aliphatic carbocycles. The van der Waals surface area contributed by atoms with Crippen LogP contribution in [0.3, 0.4) is 0 Å². The van der Waals surface area contributed by atoms with E-state index >= 15 is 0 Å². The largest absolute Gasteiger partial charge is 0.415 e. The van der Waals surface area contributed by atoms with E-state index in [2.05, 4.69) is 0 Å². The van der Waals surface area contributed by atoms with Crippen molar-refractivity contribution >= 4 is 6.09 Å². The predicted octanol–water partition coefficient (Wildman–Crippen LogP) is 2.39. The third-order valence-electron chi connectivity index (χ3n) is 3.46. The quantitative estimate of drug-likeness (QED) is 0.874. The summed E-state index contributed by atoms with van der Waals surface area (Å²) in [6.07, 6.45) is 2.81. The Morgan fingerprint density at radius 2 is 2.11 bits per heavy atom. The van der Waals surface area contributed by atoms with Crippen LogP contribution < -0.4 is 10.5 Å². The Hall–Kier alpha value is -1.55. The molecule has 1 aromatic rings. The lowest BCUT2D eigenvalue weighted by Crippen LogP contribution is -2.52. The number of carbonyl (C=O) groups excluding carboxylic acids is 1. The lowest BCUT2D eigenvalue weighted by atomic mass is 9.97. The highest BCUT2D eigenvalue weighted by atomic mass is 16.6. The normalized spacial score (nSPS) is 23.8. The maximum Gasteiger partial charge on any atom is 0.415 e. The molecular formula is C14H20N2O2. The van der Waals surface area contributed by atoms with Crippen molar-refractivity contribution in [3.63, 3.8) is 0 Å². The van der Waals surface area contributed by atoms with Gasteiger partial charge in [0.2, 0.25) is 0 Å². The molecule has 18 heavy (non-hydrogen) atoms. The molecule has 4 heteroatoms. The predicted molar refractivity (Wildman–Crippen MR) is 70.5 cm³/mol. The molecule has 2 rings (SSSR count). The highest BCUT2D eigenvalue weighted by Crippen LogP contribution is 2.23. The summed E-state index contributed by atoms with van der Waals surface area (Å²) in [5, 5.41) is 0. The standard InChI is InChI=1S/C14H20N2O2/c1-11-6-5-7-12(10-15)16(11)14(17)18-13-8-3-2-4-9-13/h2-4,8-9,11-12H,5-7,10,15H2,1H3. The minimum Gasteiger partial charge on any atom is -0.410 e. The maximum absolute atomic E-state index is 12.2. The van der Waals surface area contributed by atoms with Crippen LogP contribution in [0.15, 0.2) is 30.3 Å². The molecule has 2 atom stereocenters. The SMILES string of the molecule is CC1CCCC(CN)N1C(=O)Oc1ccccc1. The molecule has 1 aliphatic heterocycles. The van der Waals surface area contributed by atoms with E-state index in [0.717, 1.165) is 19.3 Å². The number of hydrogen-bond donors (Lipinski definition) is 1. The van der Waals surface area contributed by atoms with Crippen molar-refractivity contribution in [2.45, 2.75) is 38.3 Å². The van der Waals surface area contributed by atoms with Crippen molar-refractivity contribution in [2.75, 3.05) is 6.54 Å². The zero-order chi connectivity index (χ0) is 13.0. The van der Waals surface area contributed by atoms with Gasteiger partial charge in [0.05, 0.1) is 0 Å². The van der Waals surface area contributed by atoms with Gasteiger partial charge >= 0.3 is 6.09 Å². The van der Waals surface area contributed by atoms with Crippen molar-refractivity contribution in [3.05, 3.63) is 30.3 Å². The fourth-order valence-electron chi connectivity index (χ4n) is 2.49. The Balaban J connectivity index is 2.06. The monoisotopic (exact) mass is 248 g/mol. The van der Waals surface area contributed by atoms with E-state index in [1.807, 2.05) is 25.1 Å². The number of benzene rings is 1. The van der Waals surface area contributed by atoms with Crippen LogP contribution in [-0.4, -0.2) is 29.6 Å². The van der Waals surface area contributed by atoms with Gasteiger partial charge in [0.1, 0.15) is 5.75 Å². The number of para-hydroxylation sites is 1. The average molecular weight is 248 g/mol. The molecule has 1 saturated heterocycles. The van der Waals surface area contributed by atoms with Crippen LogP contribution in [0.2, 0.25) is 0 Å². The Morgan fingerprint density at radius 3 is 2.78 bits per heavy atom. The van der Waals surface area contributed by atoms with Gasteiger partial charge in [-0.3, -0.25) is 0 Å². The number of nitrogens with zero attached hydrogens (tertiary/aromatic N) is 1. The Bertz CT molecular complexity index is 394. The molecule has 1 fully saturated rings. The molecule has 1 amide bonds. The summed E-state index contributed by atoms with van der Waals surface area (Å²) >= 11 is 0. The molecule has 0 bridgehead atoms. The Morgan fingerprint density at radius 1 is 1.39 bits per heavy atom. The van der Waals surface area contributed by atoms with E-state index < -0.39 is 0 Å². The van der Waals surface area contributed by atoms with Crippen LogP contribution >= 0.6 is 0 Å². The molecule has 2 unspecified atom stereocenters. The van der Waals surface area contributed by atoms with E-state index in [9.17, 15) is 4.79 Å². The minimum absolute atomic E-state index is 0.102. The first-order chi connectivity index (χ1) is 8.72. The van der Waals surface area contributed by atoms with Gasteiger partial charge in [-0.05, 0) is 38.3 Å². The molecule has 0 saturated carbocycles. The van der Waals surface area contributed by atoms with Gasteiger partial charge in [-0.25, -0.2) is 4.79 Å². The summed E-state index contributed by atoms with van der Waals surface area (Å²) < 4.78 is 5.39. The lowest BCUT2D eigenvalue weighted by molar-refractivity contribution is 0.0858. The number of hydrogen-bond acceptors (Lipinski definition) is 3. The summed E-state index contributed by atoms with van der Waals surface area (Å²) in [5.74, 6) is 0.580. The van der Waals surface area contributed by atoms with Gasteiger partial charge in [-0.15, -0.1) is 0 Å². The second-order valence-corrected chi connectivity index (χ2v) is 4.76. The number of carbonyl (C=O) groups is 1. The molecular weight excluding hydrogens is 228 g/mol. The van der Waals surface area contributed by atoms with Crippen LogP contribution in [0.25, 0.3) is 0 Å². The summed E-state index contributed by atoms with van der Waals surface area (Å²) in [7, 11) is 0. The summed E-state index contributed by atoms with van der Waals surface area (Å²) in [5.41, 5.74) is 5.74. The van der Waals surface area contributed by atoms with Gasteiger partial charge in [0.25, 0.3) is 0 Å². The van der Waals surface area contributed by atoms with Crippen molar-refractivity contribution in [3.8, 4) is 5.75 Å². The second-order valence-electron chi connectivity index (χ2n) is 4.76. The van der Waals surface area contributed by atoms with Crippen LogP contribution in [0, 0.1) is 0 Å². The fraction of sp³-hybridized carbons (Fsp3) is 0.500. The molecule has 0 aromatic heterocycles. The molecule has 1 aliphatic rings.